The standard InChI is InChI=1S/C30H33IO/c31-24-23-29(22-12-15-25-13-10-11-14-25)32-30(26-16-4-1-5-17-26,27-18-6-2-7-19-27)28-20-8-3-9-21-28/h1-9,16-21,23-25,29H,10-15,22H2/b24-23+. The maximum Gasteiger partial charge on any atom is 0.144 e. The fraction of sp³-hybridized carbons (Fsp3) is 0.333. The Morgan fingerprint density at radius 1 is 0.781 bits per heavy atom. The summed E-state index contributed by atoms with van der Waals surface area (Å²) < 4.78 is 9.32. The zero-order valence-corrected chi connectivity index (χ0v) is 20.9. The largest absolute Gasteiger partial charge is 0.354 e. The smallest absolute Gasteiger partial charge is 0.144 e. The lowest BCUT2D eigenvalue weighted by Gasteiger charge is -2.38. The lowest BCUT2D eigenvalue weighted by Crippen LogP contribution is -2.36. The molecule has 3 aromatic carbocycles. The Bertz CT molecular complexity index is 849. The first-order valence-electron chi connectivity index (χ1n) is 11.9. The van der Waals surface area contributed by atoms with Crippen molar-refractivity contribution in [1.29, 1.82) is 0 Å². The van der Waals surface area contributed by atoms with Crippen LogP contribution >= 0.6 is 22.6 Å². The lowest BCUT2D eigenvalue weighted by molar-refractivity contribution is -0.0288. The quantitative estimate of drug-likeness (QED) is 0.186. The van der Waals surface area contributed by atoms with Crippen LogP contribution in [-0.4, -0.2) is 6.10 Å². The Labute approximate surface area is 207 Å². The fourth-order valence-corrected chi connectivity index (χ4v) is 5.60. The van der Waals surface area contributed by atoms with Crippen LogP contribution in [-0.2, 0) is 10.3 Å². The second kappa shape index (κ2) is 11.8. The molecule has 1 saturated carbocycles. The highest BCUT2D eigenvalue weighted by Crippen LogP contribution is 2.42. The SMILES string of the molecule is I/C=C/C(CCCC1CCCC1)OC(c1ccccc1)(c1ccccc1)c1ccccc1. The molecule has 4 rings (SSSR count). The molecule has 0 spiro atoms. The minimum Gasteiger partial charge on any atom is -0.354 e. The van der Waals surface area contributed by atoms with Gasteiger partial charge in [0.25, 0.3) is 0 Å². The number of hydrogen-bond donors (Lipinski definition) is 0. The maximum atomic E-state index is 7.21. The number of ether oxygens (including phenoxy) is 1. The predicted octanol–water partition coefficient (Wildman–Crippen LogP) is 8.67. The topological polar surface area (TPSA) is 9.23 Å². The first-order valence-corrected chi connectivity index (χ1v) is 13.2. The Kier molecular flexibility index (Phi) is 8.58. The molecule has 0 aliphatic heterocycles. The van der Waals surface area contributed by atoms with Gasteiger partial charge in [-0.15, -0.1) is 0 Å². The molecule has 1 aliphatic carbocycles. The van der Waals surface area contributed by atoms with E-state index in [9.17, 15) is 0 Å². The molecule has 2 heteroatoms. The number of hydrogen-bond acceptors (Lipinski definition) is 1. The van der Waals surface area contributed by atoms with Crippen LogP contribution in [0.5, 0.6) is 0 Å². The van der Waals surface area contributed by atoms with Crippen molar-refractivity contribution in [3.05, 3.63) is 118 Å². The number of rotatable bonds is 10. The molecular weight excluding hydrogens is 503 g/mol. The summed E-state index contributed by atoms with van der Waals surface area (Å²) in [6, 6.07) is 32.1. The van der Waals surface area contributed by atoms with Crippen molar-refractivity contribution in [1.82, 2.24) is 0 Å². The van der Waals surface area contributed by atoms with Crippen LogP contribution in [0.4, 0.5) is 0 Å². The van der Waals surface area contributed by atoms with Crippen LogP contribution < -0.4 is 0 Å². The van der Waals surface area contributed by atoms with Crippen molar-refractivity contribution in [2.24, 2.45) is 5.92 Å². The molecule has 1 unspecified atom stereocenters. The Morgan fingerprint density at radius 2 is 1.25 bits per heavy atom. The summed E-state index contributed by atoms with van der Waals surface area (Å²) in [7, 11) is 0. The molecule has 0 N–H and O–H groups in total. The van der Waals surface area contributed by atoms with Gasteiger partial charge in [0.1, 0.15) is 5.60 Å². The highest BCUT2D eigenvalue weighted by atomic mass is 127. The van der Waals surface area contributed by atoms with Crippen molar-refractivity contribution in [2.75, 3.05) is 0 Å². The van der Waals surface area contributed by atoms with Crippen molar-refractivity contribution in [2.45, 2.75) is 56.7 Å². The molecule has 0 saturated heterocycles. The van der Waals surface area contributed by atoms with Gasteiger partial charge < -0.3 is 4.74 Å². The van der Waals surface area contributed by atoms with Crippen molar-refractivity contribution in [3.8, 4) is 0 Å². The van der Waals surface area contributed by atoms with E-state index in [0.29, 0.717) is 0 Å². The van der Waals surface area contributed by atoms with Gasteiger partial charge in [-0.1, -0.05) is 152 Å². The molecule has 0 aromatic heterocycles. The molecule has 166 valence electrons. The van der Waals surface area contributed by atoms with Crippen molar-refractivity contribution in [3.63, 3.8) is 0 Å². The first kappa shape index (κ1) is 23.3. The zero-order chi connectivity index (χ0) is 22.1. The monoisotopic (exact) mass is 536 g/mol. The Hall–Kier alpha value is -1.91. The molecule has 1 aliphatic rings. The average Bonchev–Trinajstić information content (AvgIpc) is 3.38. The molecular formula is C30H33IO. The van der Waals surface area contributed by atoms with E-state index in [1.165, 1.54) is 55.2 Å². The summed E-state index contributed by atoms with van der Waals surface area (Å²) in [6.45, 7) is 0. The first-order chi connectivity index (χ1) is 15.8. The van der Waals surface area contributed by atoms with Gasteiger partial charge in [0.2, 0.25) is 0 Å². The lowest BCUT2D eigenvalue weighted by atomic mass is 9.79. The van der Waals surface area contributed by atoms with Gasteiger partial charge in [0.15, 0.2) is 0 Å². The van der Waals surface area contributed by atoms with Gasteiger partial charge >= 0.3 is 0 Å². The summed E-state index contributed by atoms with van der Waals surface area (Å²) >= 11 is 2.33. The second-order valence-corrected chi connectivity index (χ2v) is 9.55. The van der Waals surface area contributed by atoms with E-state index in [2.05, 4.69) is 124 Å². The normalized spacial score (nSPS) is 15.9. The average molecular weight is 536 g/mol. The third-order valence-electron chi connectivity index (χ3n) is 6.73. The molecule has 0 radical (unpaired) electrons. The molecule has 0 heterocycles. The van der Waals surface area contributed by atoms with Gasteiger partial charge in [-0.3, -0.25) is 0 Å². The van der Waals surface area contributed by atoms with E-state index < -0.39 is 5.60 Å². The van der Waals surface area contributed by atoms with E-state index in [1.54, 1.807) is 0 Å². The highest BCUT2D eigenvalue weighted by molar-refractivity contribution is 14.1. The van der Waals surface area contributed by atoms with Gasteiger partial charge in [0.05, 0.1) is 6.10 Å². The Balaban J connectivity index is 1.72. The molecule has 0 bridgehead atoms. The van der Waals surface area contributed by atoms with E-state index in [-0.39, 0.29) is 6.10 Å². The van der Waals surface area contributed by atoms with E-state index >= 15 is 0 Å². The molecule has 1 nitrogen and oxygen atoms in total. The van der Waals surface area contributed by atoms with Gasteiger partial charge in [-0.05, 0) is 39.2 Å². The third kappa shape index (κ3) is 5.52. The Morgan fingerprint density at radius 3 is 1.69 bits per heavy atom. The number of benzene rings is 3. The van der Waals surface area contributed by atoms with Crippen LogP contribution in [0.3, 0.4) is 0 Å². The summed E-state index contributed by atoms with van der Waals surface area (Å²) in [6.07, 6.45) is 11.5. The van der Waals surface area contributed by atoms with Crippen molar-refractivity contribution >= 4 is 22.6 Å². The summed E-state index contributed by atoms with van der Waals surface area (Å²) in [4.78, 5) is 0. The molecule has 32 heavy (non-hydrogen) atoms. The van der Waals surface area contributed by atoms with E-state index in [4.69, 9.17) is 4.74 Å². The minimum atomic E-state index is -0.655. The molecule has 3 aromatic rings. The molecule has 1 fully saturated rings. The zero-order valence-electron chi connectivity index (χ0n) is 18.7. The van der Waals surface area contributed by atoms with Crippen LogP contribution in [0.25, 0.3) is 0 Å². The summed E-state index contributed by atoms with van der Waals surface area (Å²) in [5.74, 6) is 0.918. The second-order valence-electron chi connectivity index (χ2n) is 8.84. The summed E-state index contributed by atoms with van der Waals surface area (Å²) in [5.41, 5.74) is 2.85. The molecule has 1 atom stereocenters. The van der Waals surface area contributed by atoms with Crippen LogP contribution in [0.15, 0.2) is 101 Å². The molecule has 0 amide bonds. The van der Waals surface area contributed by atoms with Gasteiger partial charge in [-0.25, -0.2) is 0 Å². The summed E-state index contributed by atoms with van der Waals surface area (Å²) in [5, 5.41) is 0. The minimum absolute atomic E-state index is 0.0499. The third-order valence-corrected chi connectivity index (χ3v) is 7.15. The maximum absolute atomic E-state index is 7.21. The fourth-order valence-electron chi connectivity index (χ4n) is 5.13. The number of halogens is 1. The van der Waals surface area contributed by atoms with Gasteiger partial charge in [-0.2, -0.15) is 0 Å². The predicted molar refractivity (Wildman–Crippen MR) is 143 cm³/mol. The van der Waals surface area contributed by atoms with Crippen molar-refractivity contribution < 1.29 is 4.74 Å². The van der Waals surface area contributed by atoms with Crippen LogP contribution in [0.1, 0.15) is 61.6 Å². The highest BCUT2D eigenvalue weighted by Gasteiger charge is 2.39. The van der Waals surface area contributed by atoms with Gasteiger partial charge in [0, 0.05) is 0 Å². The van der Waals surface area contributed by atoms with E-state index in [1.807, 2.05) is 0 Å². The van der Waals surface area contributed by atoms with E-state index in [0.717, 1.165) is 12.3 Å². The van der Waals surface area contributed by atoms with Crippen LogP contribution in [0, 0.1) is 5.92 Å². The van der Waals surface area contributed by atoms with Crippen LogP contribution in [0.2, 0.25) is 0 Å².